The Labute approximate surface area is 177 Å². The SMILES string of the molecule is CCCCc1ccc(NC(=O)[C@H](C)NS(=O)(=O)c2ccc(OCC)c(Cl)c2)cc1. The zero-order valence-electron chi connectivity index (χ0n) is 16.9. The first-order chi connectivity index (χ1) is 13.8. The smallest absolute Gasteiger partial charge is 0.242 e. The van der Waals surface area contributed by atoms with Crippen molar-refractivity contribution < 1.29 is 17.9 Å². The maximum Gasteiger partial charge on any atom is 0.242 e. The minimum Gasteiger partial charge on any atom is -0.492 e. The summed E-state index contributed by atoms with van der Waals surface area (Å²) in [5, 5.41) is 2.91. The highest BCUT2D eigenvalue weighted by Gasteiger charge is 2.23. The standard InChI is InChI=1S/C21H27ClN2O4S/c1-4-6-7-16-8-10-17(11-9-16)23-21(25)15(3)24-29(26,27)18-12-13-20(28-5-2)19(22)14-18/h8-15,24H,4-7H2,1-3H3,(H,23,25)/t15-/m0/s1. The molecule has 0 radical (unpaired) electrons. The molecule has 1 atom stereocenters. The fourth-order valence-electron chi connectivity index (χ4n) is 2.66. The van der Waals surface area contributed by atoms with Crippen molar-refractivity contribution in [2.45, 2.75) is 51.0 Å². The lowest BCUT2D eigenvalue weighted by Crippen LogP contribution is -2.41. The van der Waals surface area contributed by atoms with Crippen molar-refractivity contribution in [3.05, 3.63) is 53.1 Å². The Morgan fingerprint density at radius 3 is 2.41 bits per heavy atom. The van der Waals surface area contributed by atoms with Gasteiger partial charge in [0.15, 0.2) is 0 Å². The van der Waals surface area contributed by atoms with Gasteiger partial charge < -0.3 is 10.1 Å². The number of hydrogen-bond acceptors (Lipinski definition) is 4. The molecule has 2 N–H and O–H groups in total. The number of rotatable bonds is 10. The molecule has 0 bridgehead atoms. The van der Waals surface area contributed by atoms with Crippen LogP contribution in [0.5, 0.6) is 5.75 Å². The molecule has 0 aliphatic heterocycles. The molecule has 0 saturated carbocycles. The highest BCUT2D eigenvalue weighted by molar-refractivity contribution is 7.89. The first-order valence-electron chi connectivity index (χ1n) is 9.61. The Bertz CT molecular complexity index is 930. The lowest BCUT2D eigenvalue weighted by atomic mass is 10.1. The van der Waals surface area contributed by atoms with E-state index < -0.39 is 22.0 Å². The van der Waals surface area contributed by atoms with Crippen LogP contribution in [0.15, 0.2) is 47.4 Å². The number of carbonyl (C=O) groups is 1. The second-order valence-corrected chi connectivity index (χ2v) is 8.78. The van der Waals surface area contributed by atoms with Gasteiger partial charge in [-0.1, -0.05) is 37.1 Å². The molecule has 2 rings (SSSR count). The number of aryl methyl sites for hydroxylation is 1. The number of sulfonamides is 1. The van der Waals surface area contributed by atoms with Crippen LogP contribution in [0, 0.1) is 0 Å². The predicted molar refractivity (Wildman–Crippen MR) is 116 cm³/mol. The van der Waals surface area contributed by atoms with Gasteiger partial charge in [0, 0.05) is 5.69 Å². The summed E-state index contributed by atoms with van der Waals surface area (Å²) < 4.78 is 32.8. The molecule has 6 nitrogen and oxygen atoms in total. The maximum absolute atomic E-state index is 12.6. The number of ether oxygens (including phenoxy) is 1. The van der Waals surface area contributed by atoms with Gasteiger partial charge in [-0.3, -0.25) is 4.79 Å². The molecule has 29 heavy (non-hydrogen) atoms. The Kier molecular flexibility index (Phi) is 8.49. The van der Waals surface area contributed by atoms with Crippen molar-refractivity contribution in [3.8, 4) is 5.75 Å². The minimum atomic E-state index is -3.92. The molecule has 0 spiro atoms. The number of benzene rings is 2. The topological polar surface area (TPSA) is 84.5 Å². The van der Waals surface area contributed by atoms with E-state index in [1.807, 2.05) is 31.2 Å². The number of halogens is 1. The van der Waals surface area contributed by atoms with Gasteiger partial charge in [-0.2, -0.15) is 4.72 Å². The summed E-state index contributed by atoms with van der Waals surface area (Å²) in [7, 11) is -3.92. The van der Waals surface area contributed by atoms with Crippen molar-refractivity contribution >= 4 is 33.2 Å². The van der Waals surface area contributed by atoms with Crippen LogP contribution in [-0.2, 0) is 21.2 Å². The average molecular weight is 439 g/mol. The zero-order valence-corrected chi connectivity index (χ0v) is 18.4. The Morgan fingerprint density at radius 1 is 1.14 bits per heavy atom. The van der Waals surface area contributed by atoms with Gasteiger partial charge >= 0.3 is 0 Å². The average Bonchev–Trinajstić information content (AvgIpc) is 2.68. The number of amides is 1. The fourth-order valence-corrected chi connectivity index (χ4v) is 4.19. The molecule has 0 saturated heterocycles. The summed E-state index contributed by atoms with van der Waals surface area (Å²) in [5.41, 5.74) is 1.82. The summed E-state index contributed by atoms with van der Waals surface area (Å²) in [4.78, 5) is 12.4. The maximum atomic E-state index is 12.6. The third-order valence-electron chi connectivity index (χ3n) is 4.28. The fraction of sp³-hybridized carbons (Fsp3) is 0.381. The predicted octanol–water partition coefficient (Wildman–Crippen LogP) is 4.39. The monoisotopic (exact) mass is 438 g/mol. The van der Waals surface area contributed by atoms with Gasteiger partial charge in [0.25, 0.3) is 0 Å². The second kappa shape index (κ2) is 10.6. The van der Waals surface area contributed by atoms with E-state index in [4.69, 9.17) is 16.3 Å². The van der Waals surface area contributed by atoms with Crippen LogP contribution >= 0.6 is 11.6 Å². The molecular formula is C21H27ClN2O4S. The van der Waals surface area contributed by atoms with Gasteiger partial charge in [0.2, 0.25) is 15.9 Å². The normalized spacial score (nSPS) is 12.4. The summed E-state index contributed by atoms with van der Waals surface area (Å²) >= 11 is 6.07. The first-order valence-corrected chi connectivity index (χ1v) is 11.5. The van der Waals surface area contributed by atoms with Crippen LogP contribution in [-0.4, -0.2) is 27.0 Å². The quantitative estimate of drug-likeness (QED) is 0.576. The molecule has 2 aromatic rings. The van der Waals surface area contributed by atoms with Gasteiger partial charge in [-0.25, -0.2) is 8.42 Å². The van der Waals surface area contributed by atoms with E-state index in [1.165, 1.54) is 30.7 Å². The van der Waals surface area contributed by atoms with E-state index in [0.29, 0.717) is 18.0 Å². The third-order valence-corrected chi connectivity index (χ3v) is 6.11. The lowest BCUT2D eigenvalue weighted by molar-refractivity contribution is -0.117. The third kappa shape index (κ3) is 6.73. The molecule has 0 fully saturated rings. The van der Waals surface area contributed by atoms with Gasteiger partial charge in [0.1, 0.15) is 5.75 Å². The van der Waals surface area contributed by atoms with Crippen molar-refractivity contribution in [1.29, 1.82) is 0 Å². The van der Waals surface area contributed by atoms with Crippen molar-refractivity contribution in [1.82, 2.24) is 4.72 Å². The van der Waals surface area contributed by atoms with Gasteiger partial charge in [0.05, 0.1) is 22.6 Å². The molecule has 158 valence electrons. The van der Waals surface area contributed by atoms with Crippen molar-refractivity contribution in [2.75, 3.05) is 11.9 Å². The molecule has 8 heteroatoms. The Morgan fingerprint density at radius 2 is 1.83 bits per heavy atom. The van der Waals surface area contributed by atoms with Gasteiger partial charge in [-0.15, -0.1) is 0 Å². The first kappa shape index (κ1) is 23.2. The van der Waals surface area contributed by atoms with Crippen molar-refractivity contribution in [2.24, 2.45) is 0 Å². The van der Waals surface area contributed by atoms with E-state index in [9.17, 15) is 13.2 Å². The van der Waals surface area contributed by atoms with E-state index in [1.54, 1.807) is 0 Å². The van der Waals surface area contributed by atoms with E-state index in [-0.39, 0.29) is 9.92 Å². The van der Waals surface area contributed by atoms with E-state index in [2.05, 4.69) is 17.0 Å². The van der Waals surface area contributed by atoms with Crippen LogP contribution in [0.2, 0.25) is 5.02 Å². The van der Waals surface area contributed by atoms with Crippen LogP contribution in [0.1, 0.15) is 39.2 Å². The molecule has 0 aliphatic carbocycles. The van der Waals surface area contributed by atoms with Crippen LogP contribution in [0.3, 0.4) is 0 Å². The van der Waals surface area contributed by atoms with Crippen LogP contribution in [0.4, 0.5) is 5.69 Å². The minimum absolute atomic E-state index is 0.0362. The van der Waals surface area contributed by atoms with Crippen molar-refractivity contribution in [3.63, 3.8) is 0 Å². The lowest BCUT2D eigenvalue weighted by Gasteiger charge is -2.15. The Hall–Kier alpha value is -2.09. The van der Waals surface area contributed by atoms with E-state index >= 15 is 0 Å². The largest absolute Gasteiger partial charge is 0.492 e. The molecule has 0 aliphatic rings. The molecule has 1 amide bonds. The summed E-state index contributed by atoms with van der Waals surface area (Å²) in [5.74, 6) is -0.0480. The summed E-state index contributed by atoms with van der Waals surface area (Å²) in [6.45, 7) is 5.85. The molecular weight excluding hydrogens is 412 g/mol. The summed E-state index contributed by atoms with van der Waals surface area (Å²) in [6, 6.07) is 10.8. The van der Waals surface area contributed by atoms with Gasteiger partial charge in [-0.05, 0) is 62.6 Å². The number of hydrogen-bond donors (Lipinski definition) is 2. The summed E-state index contributed by atoms with van der Waals surface area (Å²) in [6.07, 6.45) is 3.22. The number of carbonyl (C=O) groups excluding carboxylic acids is 1. The molecule has 2 aromatic carbocycles. The second-order valence-electron chi connectivity index (χ2n) is 6.66. The highest BCUT2D eigenvalue weighted by atomic mass is 35.5. The number of nitrogens with one attached hydrogen (secondary N) is 2. The zero-order chi connectivity index (χ0) is 21.4. The van der Waals surface area contributed by atoms with Crippen LogP contribution in [0.25, 0.3) is 0 Å². The number of anilines is 1. The highest BCUT2D eigenvalue weighted by Crippen LogP contribution is 2.27. The molecule has 0 unspecified atom stereocenters. The van der Waals surface area contributed by atoms with Crippen LogP contribution < -0.4 is 14.8 Å². The Balaban J connectivity index is 2.01. The number of unbranched alkanes of at least 4 members (excludes halogenated alkanes) is 1. The van der Waals surface area contributed by atoms with E-state index in [0.717, 1.165) is 19.3 Å². The molecule has 0 heterocycles. The molecule has 0 aromatic heterocycles.